The fourth-order valence-corrected chi connectivity index (χ4v) is 3.33. The van der Waals surface area contributed by atoms with Crippen LogP contribution in [0.3, 0.4) is 0 Å². The number of nitrogens with one attached hydrogen (secondary N) is 1. The number of anilines is 1. The average Bonchev–Trinajstić information content (AvgIpc) is 2.84. The van der Waals surface area contributed by atoms with E-state index in [0.717, 1.165) is 44.9 Å². The molecule has 3 heterocycles. The molecule has 2 atom stereocenters. The minimum atomic E-state index is -4.41. The Morgan fingerprint density at radius 2 is 2.05 bits per heavy atom. The van der Waals surface area contributed by atoms with Gasteiger partial charge in [-0.05, 0) is 37.4 Å². The summed E-state index contributed by atoms with van der Waals surface area (Å²) in [6.45, 7) is 3.59. The molecule has 2 saturated heterocycles. The van der Waals surface area contributed by atoms with Gasteiger partial charge < -0.3 is 10.2 Å². The number of aromatic nitrogens is 1. The highest BCUT2D eigenvalue weighted by Gasteiger charge is 2.35. The maximum atomic E-state index is 12.6. The molecule has 7 heteroatoms. The molecule has 2 unspecified atom stereocenters. The van der Waals surface area contributed by atoms with Crippen molar-refractivity contribution in [3.63, 3.8) is 0 Å². The fraction of sp³-hybridized carbons (Fsp3) is 0.615. The SMILES string of the molecule is FC(F)(F)c1cnc(N2CCC3CNCC3C2)c(Cl)c1. The topological polar surface area (TPSA) is 28.2 Å². The first-order valence-corrected chi connectivity index (χ1v) is 7.01. The van der Waals surface area contributed by atoms with Crippen molar-refractivity contribution in [3.05, 3.63) is 22.8 Å². The molecule has 3 nitrogen and oxygen atoms in total. The molecule has 0 spiro atoms. The largest absolute Gasteiger partial charge is 0.417 e. The molecule has 1 aromatic heterocycles. The Morgan fingerprint density at radius 3 is 2.75 bits per heavy atom. The Labute approximate surface area is 120 Å². The van der Waals surface area contributed by atoms with Crippen LogP contribution >= 0.6 is 11.6 Å². The van der Waals surface area contributed by atoms with E-state index in [9.17, 15) is 13.2 Å². The average molecular weight is 306 g/mol. The molecule has 1 N–H and O–H groups in total. The van der Waals surface area contributed by atoms with Gasteiger partial charge in [0.2, 0.25) is 0 Å². The summed E-state index contributed by atoms with van der Waals surface area (Å²) in [5.74, 6) is 1.66. The summed E-state index contributed by atoms with van der Waals surface area (Å²) in [4.78, 5) is 5.93. The van der Waals surface area contributed by atoms with Gasteiger partial charge in [-0.1, -0.05) is 11.6 Å². The van der Waals surface area contributed by atoms with E-state index in [1.165, 1.54) is 0 Å². The van der Waals surface area contributed by atoms with E-state index in [2.05, 4.69) is 10.3 Å². The van der Waals surface area contributed by atoms with Crippen molar-refractivity contribution in [1.29, 1.82) is 0 Å². The van der Waals surface area contributed by atoms with Gasteiger partial charge >= 0.3 is 6.18 Å². The van der Waals surface area contributed by atoms with Crippen LogP contribution in [0.5, 0.6) is 0 Å². The standard InChI is InChI=1S/C13H15ClF3N3/c14-11-3-10(13(15,16)17)6-19-12(11)20-2-1-8-4-18-5-9(8)7-20/h3,6,8-9,18H,1-2,4-5,7H2. The van der Waals surface area contributed by atoms with E-state index in [-0.39, 0.29) is 5.02 Å². The number of hydrogen-bond donors (Lipinski definition) is 1. The lowest BCUT2D eigenvalue weighted by Crippen LogP contribution is -2.40. The molecule has 2 aliphatic heterocycles. The molecule has 110 valence electrons. The van der Waals surface area contributed by atoms with Gasteiger partial charge in [0.25, 0.3) is 0 Å². The molecule has 2 aliphatic rings. The summed E-state index contributed by atoms with van der Waals surface area (Å²) in [6.07, 6.45) is -2.52. The van der Waals surface area contributed by atoms with Gasteiger partial charge in [0, 0.05) is 19.3 Å². The number of piperidine rings is 1. The zero-order valence-electron chi connectivity index (χ0n) is 10.8. The highest BCUT2D eigenvalue weighted by Crippen LogP contribution is 2.36. The zero-order chi connectivity index (χ0) is 14.3. The van der Waals surface area contributed by atoms with Crippen molar-refractivity contribution in [2.24, 2.45) is 11.8 Å². The number of halogens is 4. The number of rotatable bonds is 1. The molecule has 0 saturated carbocycles. The van der Waals surface area contributed by atoms with Crippen LogP contribution < -0.4 is 10.2 Å². The molecule has 1 aromatic rings. The van der Waals surface area contributed by atoms with Crippen molar-refractivity contribution in [3.8, 4) is 0 Å². The Kier molecular flexibility index (Phi) is 3.54. The minimum absolute atomic E-state index is 0.0734. The lowest BCUT2D eigenvalue weighted by molar-refractivity contribution is -0.137. The van der Waals surface area contributed by atoms with Crippen LogP contribution in [0, 0.1) is 11.8 Å². The van der Waals surface area contributed by atoms with Gasteiger partial charge in [0.05, 0.1) is 10.6 Å². The highest BCUT2D eigenvalue weighted by molar-refractivity contribution is 6.33. The molecule has 0 aromatic carbocycles. The smallest absolute Gasteiger partial charge is 0.355 e. The minimum Gasteiger partial charge on any atom is -0.355 e. The first-order valence-electron chi connectivity index (χ1n) is 6.63. The van der Waals surface area contributed by atoms with E-state index in [0.29, 0.717) is 17.7 Å². The zero-order valence-corrected chi connectivity index (χ0v) is 11.5. The Hall–Kier alpha value is -1.01. The molecule has 20 heavy (non-hydrogen) atoms. The predicted octanol–water partition coefficient (Wildman–Crippen LogP) is 2.80. The number of fused-ring (bicyclic) bond motifs is 1. The highest BCUT2D eigenvalue weighted by atomic mass is 35.5. The number of alkyl halides is 3. The normalized spacial score (nSPS) is 26.7. The van der Waals surface area contributed by atoms with Crippen molar-refractivity contribution >= 4 is 17.4 Å². The number of nitrogens with zero attached hydrogens (tertiary/aromatic N) is 2. The first kappa shape index (κ1) is 13.9. The summed E-state index contributed by atoms with van der Waals surface area (Å²) in [6, 6.07) is 0.961. The molecule has 0 radical (unpaired) electrons. The first-order chi connectivity index (χ1) is 9.45. The molecule has 0 aliphatic carbocycles. The maximum absolute atomic E-state index is 12.6. The quantitative estimate of drug-likeness (QED) is 0.865. The van der Waals surface area contributed by atoms with Crippen LogP contribution in [0.15, 0.2) is 12.3 Å². The van der Waals surface area contributed by atoms with Crippen LogP contribution in [0.2, 0.25) is 5.02 Å². The van der Waals surface area contributed by atoms with Crippen molar-refractivity contribution in [2.45, 2.75) is 12.6 Å². The second-order valence-corrected chi connectivity index (χ2v) is 5.85. The van der Waals surface area contributed by atoms with E-state index in [4.69, 9.17) is 11.6 Å². The molecule has 0 bridgehead atoms. The van der Waals surface area contributed by atoms with Gasteiger partial charge in [0.1, 0.15) is 5.82 Å². The number of hydrogen-bond acceptors (Lipinski definition) is 3. The summed E-state index contributed by atoms with van der Waals surface area (Å²) in [5, 5.41) is 3.42. The van der Waals surface area contributed by atoms with Gasteiger partial charge in [-0.15, -0.1) is 0 Å². The van der Waals surface area contributed by atoms with E-state index in [1.807, 2.05) is 4.90 Å². The Balaban J connectivity index is 1.80. The van der Waals surface area contributed by atoms with Gasteiger partial charge in [-0.25, -0.2) is 4.98 Å². The lowest BCUT2D eigenvalue weighted by atomic mass is 9.89. The Bertz CT molecular complexity index is 506. The van der Waals surface area contributed by atoms with Crippen molar-refractivity contribution in [1.82, 2.24) is 10.3 Å². The third kappa shape index (κ3) is 2.59. The third-order valence-electron chi connectivity index (χ3n) is 4.15. The summed E-state index contributed by atoms with van der Waals surface area (Å²) in [7, 11) is 0. The molecule has 3 rings (SSSR count). The summed E-state index contributed by atoms with van der Waals surface area (Å²) < 4.78 is 37.8. The van der Waals surface area contributed by atoms with Gasteiger partial charge in [-0.2, -0.15) is 13.2 Å². The summed E-state index contributed by atoms with van der Waals surface area (Å²) in [5.41, 5.74) is -0.802. The van der Waals surface area contributed by atoms with E-state index < -0.39 is 11.7 Å². The fourth-order valence-electron chi connectivity index (χ4n) is 3.05. The van der Waals surface area contributed by atoms with Gasteiger partial charge in [-0.3, -0.25) is 0 Å². The van der Waals surface area contributed by atoms with Gasteiger partial charge in [0.15, 0.2) is 0 Å². The van der Waals surface area contributed by atoms with Crippen molar-refractivity contribution in [2.75, 3.05) is 31.1 Å². The third-order valence-corrected chi connectivity index (χ3v) is 4.43. The van der Waals surface area contributed by atoms with Crippen LogP contribution in [-0.2, 0) is 6.18 Å². The molecule has 0 amide bonds. The molecule has 2 fully saturated rings. The van der Waals surface area contributed by atoms with Crippen LogP contribution in [0.1, 0.15) is 12.0 Å². The van der Waals surface area contributed by atoms with Crippen molar-refractivity contribution < 1.29 is 13.2 Å². The molecular weight excluding hydrogens is 291 g/mol. The van der Waals surface area contributed by atoms with E-state index >= 15 is 0 Å². The lowest BCUT2D eigenvalue weighted by Gasteiger charge is -2.35. The second-order valence-electron chi connectivity index (χ2n) is 5.44. The molecular formula is C13H15ClF3N3. The predicted molar refractivity (Wildman–Crippen MR) is 70.9 cm³/mol. The second kappa shape index (κ2) is 5.07. The van der Waals surface area contributed by atoms with Crippen LogP contribution in [0.4, 0.5) is 19.0 Å². The van der Waals surface area contributed by atoms with E-state index in [1.54, 1.807) is 0 Å². The Morgan fingerprint density at radius 1 is 1.30 bits per heavy atom. The van der Waals surface area contributed by atoms with Crippen LogP contribution in [-0.4, -0.2) is 31.2 Å². The maximum Gasteiger partial charge on any atom is 0.417 e. The summed E-state index contributed by atoms with van der Waals surface area (Å²) >= 11 is 5.99. The monoisotopic (exact) mass is 305 g/mol. The number of pyridine rings is 1. The van der Waals surface area contributed by atoms with Crippen LogP contribution in [0.25, 0.3) is 0 Å².